The van der Waals surface area contributed by atoms with E-state index in [1.807, 2.05) is 38.1 Å². The SMILES string of the molecule is CCCNc1nc(C)nc(OCc2ccccc2Cl)c1C. The lowest BCUT2D eigenvalue weighted by atomic mass is 10.2. The third-order valence-corrected chi connectivity index (χ3v) is 3.45. The van der Waals surface area contributed by atoms with Crippen LogP contribution in [0.4, 0.5) is 5.82 Å². The average Bonchev–Trinajstić information content (AvgIpc) is 2.47. The molecule has 0 atom stereocenters. The van der Waals surface area contributed by atoms with Gasteiger partial charge in [-0.3, -0.25) is 0 Å². The van der Waals surface area contributed by atoms with Gasteiger partial charge in [-0.25, -0.2) is 4.98 Å². The third kappa shape index (κ3) is 4.08. The second-order valence-electron chi connectivity index (χ2n) is 4.86. The largest absolute Gasteiger partial charge is 0.472 e. The number of rotatable bonds is 6. The summed E-state index contributed by atoms with van der Waals surface area (Å²) in [5.41, 5.74) is 1.86. The quantitative estimate of drug-likeness (QED) is 0.871. The Morgan fingerprint density at radius 1 is 1.19 bits per heavy atom. The average molecular weight is 306 g/mol. The Bertz CT molecular complexity index is 616. The monoisotopic (exact) mass is 305 g/mol. The van der Waals surface area contributed by atoms with E-state index < -0.39 is 0 Å². The van der Waals surface area contributed by atoms with Gasteiger partial charge in [0.25, 0.3) is 0 Å². The first-order valence-electron chi connectivity index (χ1n) is 7.07. The summed E-state index contributed by atoms with van der Waals surface area (Å²) < 4.78 is 5.83. The van der Waals surface area contributed by atoms with Gasteiger partial charge in [-0.1, -0.05) is 36.7 Å². The van der Waals surface area contributed by atoms with Crippen LogP contribution in [0.2, 0.25) is 5.02 Å². The lowest BCUT2D eigenvalue weighted by Gasteiger charge is -2.13. The first kappa shape index (κ1) is 15.6. The molecule has 21 heavy (non-hydrogen) atoms. The van der Waals surface area contributed by atoms with E-state index in [0.717, 1.165) is 29.9 Å². The highest BCUT2D eigenvalue weighted by Gasteiger charge is 2.11. The number of nitrogens with one attached hydrogen (secondary N) is 1. The predicted octanol–water partition coefficient (Wildman–Crippen LogP) is 4.15. The normalized spacial score (nSPS) is 10.5. The number of aryl methyl sites for hydroxylation is 1. The molecular formula is C16H20ClN3O. The number of ether oxygens (including phenoxy) is 1. The van der Waals surface area contributed by atoms with Gasteiger partial charge in [-0.15, -0.1) is 0 Å². The lowest BCUT2D eigenvalue weighted by Crippen LogP contribution is -2.09. The summed E-state index contributed by atoms with van der Waals surface area (Å²) >= 11 is 6.14. The van der Waals surface area contributed by atoms with Gasteiger partial charge in [0.1, 0.15) is 18.2 Å². The van der Waals surface area contributed by atoms with Crippen LogP contribution in [0.1, 0.15) is 30.3 Å². The Labute approximate surface area is 130 Å². The molecule has 1 aromatic carbocycles. The number of aromatic nitrogens is 2. The van der Waals surface area contributed by atoms with Gasteiger partial charge in [0, 0.05) is 17.1 Å². The molecule has 1 aromatic heterocycles. The lowest BCUT2D eigenvalue weighted by molar-refractivity contribution is 0.290. The van der Waals surface area contributed by atoms with Gasteiger partial charge in [0.05, 0.1) is 5.56 Å². The van der Waals surface area contributed by atoms with E-state index in [4.69, 9.17) is 16.3 Å². The number of nitrogens with zero attached hydrogens (tertiary/aromatic N) is 2. The molecule has 0 aliphatic carbocycles. The molecule has 1 heterocycles. The van der Waals surface area contributed by atoms with E-state index in [9.17, 15) is 0 Å². The number of benzene rings is 1. The van der Waals surface area contributed by atoms with Gasteiger partial charge in [-0.05, 0) is 26.3 Å². The Morgan fingerprint density at radius 3 is 2.67 bits per heavy atom. The van der Waals surface area contributed by atoms with E-state index in [2.05, 4.69) is 22.2 Å². The molecule has 0 aliphatic rings. The van der Waals surface area contributed by atoms with Crippen LogP contribution in [-0.2, 0) is 6.61 Å². The summed E-state index contributed by atoms with van der Waals surface area (Å²) in [6, 6.07) is 7.64. The summed E-state index contributed by atoms with van der Waals surface area (Å²) in [6.07, 6.45) is 1.04. The van der Waals surface area contributed by atoms with Crippen molar-refractivity contribution in [1.29, 1.82) is 0 Å². The van der Waals surface area contributed by atoms with Crippen molar-refractivity contribution >= 4 is 17.4 Å². The summed E-state index contributed by atoms with van der Waals surface area (Å²) in [7, 11) is 0. The van der Waals surface area contributed by atoms with Gasteiger partial charge in [0.2, 0.25) is 5.88 Å². The molecule has 0 saturated heterocycles. The molecule has 1 N–H and O–H groups in total. The van der Waals surface area contributed by atoms with Crippen molar-refractivity contribution in [1.82, 2.24) is 9.97 Å². The molecule has 0 saturated carbocycles. The summed E-state index contributed by atoms with van der Waals surface area (Å²) in [4.78, 5) is 8.78. The molecule has 4 nitrogen and oxygen atoms in total. The van der Waals surface area contributed by atoms with Crippen LogP contribution in [0.25, 0.3) is 0 Å². The third-order valence-electron chi connectivity index (χ3n) is 3.08. The highest BCUT2D eigenvalue weighted by Crippen LogP contribution is 2.24. The van der Waals surface area contributed by atoms with Gasteiger partial charge >= 0.3 is 0 Å². The Morgan fingerprint density at radius 2 is 1.95 bits per heavy atom. The Hall–Kier alpha value is -1.81. The van der Waals surface area contributed by atoms with Crippen LogP contribution in [-0.4, -0.2) is 16.5 Å². The standard InChI is InChI=1S/C16H20ClN3O/c1-4-9-18-15-11(2)16(20-12(3)19-15)21-10-13-7-5-6-8-14(13)17/h5-8H,4,9-10H2,1-3H3,(H,18,19,20). The van der Waals surface area contributed by atoms with E-state index in [-0.39, 0.29) is 0 Å². The fourth-order valence-corrected chi connectivity index (χ4v) is 2.11. The van der Waals surface area contributed by atoms with Crippen LogP contribution >= 0.6 is 11.6 Å². The van der Waals surface area contributed by atoms with Crippen molar-refractivity contribution in [2.75, 3.05) is 11.9 Å². The van der Waals surface area contributed by atoms with Gasteiger partial charge in [-0.2, -0.15) is 4.98 Å². The fraction of sp³-hybridized carbons (Fsp3) is 0.375. The first-order valence-corrected chi connectivity index (χ1v) is 7.45. The molecule has 0 aliphatic heterocycles. The second-order valence-corrected chi connectivity index (χ2v) is 5.26. The van der Waals surface area contributed by atoms with Crippen molar-refractivity contribution < 1.29 is 4.74 Å². The van der Waals surface area contributed by atoms with E-state index >= 15 is 0 Å². The molecule has 2 aromatic rings. The van der Waals surface area contributed by atoms with Crippen molar-refractivity contribution in [3.8, 4) is 5.88 Å². The summed E-state index contributed by atoms with van der Waals surface area (Å²) in [5.74, 6) is 2.12. The molecule has 5 heteroatoms. The zero-order chi connectivity index (χ0) is 15.2. The Kier molecular flexibility index (Phi) is 5.39. The van der Waals surface area contributed by atoms with Gasteiger partial charge < -0.3 is 10.1 Å². The molecule has 0 fully saturated rings. The second kappa shape index (κ2) is 7.27. The topological polar surface area (TPSA) is 47.0 Å². The van der Waals surface area contributed by atoms with Crippen LogP contribution in [0.3, 0.4) is 0 Å². The number of hydrogen-bond donors (Lipinski definition) is 1. The Balaban J connectivity index is 2.16. The van der Waals surface area contributed by atoms with E-state index in [1.165, 1.54) is 0 Å². The maximum atomic E-state index is 6.14. The molecular weight excluding hydrogens is 286 g/mol. The van der Waals surface area contributed by atoms with Crippen molar-refractivity contribution in [2.24, 2.45) is 0 Å². The van der Waals surface area contributed by atoms with Crippen LogP contribution in [0.5, 0.6) is 5.88 Å². The minimum absolute atomic E-state index is 0.393. The predicted molar refractivity (Wildman–Crippen MR) is 86.1 cm³/mol. The molecule has 0 bridgehead atoms. The summed E-state index contributed by atoms with van der Waals surface area (Å²) in [6.45, 7) is 7.20. The first-order chi connectivity index (χ1) is 10.1. The van der Waals surface area contributed by atoms with E-state index in [1.54, 1.807) is 0 Å². The molecule has 0 unspecified atom stereocenters. The molecule has 0 radical (unpaired) electrons. The molecule has 0 amide bonds. The van der Waals surface area contributed by atoms with Crippen LogP contribution in [0.15, 0.2) is 24.3 Å². The summed E-state index contributed by atoms with van der Waals surface area (Å²) in [5, 5.41) is 4.00. The molecule has 2 rings (SSSR count). The molecule has 0 spiro atoms. The number of hydrogen-bond acceptors (Lipinski definition) is 4. The highest BCUT2D eigenvalue weighted by molar-refractivity contribution is 6.31. The maximum Gasteiger partial charge on any atom is 0.222 e. The van der Waals surface area contributed by atoms with Gasteiger partial charge in [0.15, 0.2) is 0 Å². The van der Waals surface area contributed by atoms with Crippen LogP contribution in [0, 0.1) is 13.8 Å². The highest BCUT2D eigenvalue weighted by atomic mass is 35.5. The zero-order valence-corrected chi connectivity index (χ0v) is 13.4. The minimum atomic E-state index is 0.393. The van der Waals surface area contributed by atoms with Crippen molar-refractivity contribution in [3.63, 3.8) is 0 Å². The number of anilines is 1. The maximum absolute atomic E-state index is 6.14. The zero-order valence-electron chi connectivity index (χ0n) is 12.6. The fourth-order valence-electron chi connectivity index (χ4n) is 1.92. The molecule has 112 valence electrons. The smallest absolute Gasteiger partial charge is 0.222 e. The van der Waals surface area contributed by atoms with Crippen molar-refractivity contribution in [3.05, 3.63) is 46.2 Å². The number of halogens is 1. The minimum Gasteiger partial charge on any atom is -0.472 e. The van der Waals surface area contributed by atoms with E-state index in [0.29, 0.717) is 23.3 Å². The van der Waals surface area contributed by atoms with Crippen molar-refractivity contribution in [2.45, 2.75) is 33.8 Å². The van der Waals surface area contributed by atoms with Crippen LogP contribution < -0.4 is 10.1 Å².